The standard InChI is InChI=1S/C23H23ClN4O2/c1-4-15-6-8-16(9-7-15)20-19(22(29)30-5-2)14(3)25-23-26-21(27-28(20)23)17-10-12-18(24)13-11-17/h6-13,20H,4-5H2,1-3H3,(H,25,26,27). The predicted octanol–water partition coefficient (Wildman–Crippen LogP) is 5.01. The van der Waals surface area contributed by atoms with Gasteiger partial charge >= 0.3 is 5.97 Å². The fraction of sp³-hybridized carbons (Fsp3) is 0.261. The number of aromatic nitrogens is 3. The third kappa shape index (κ3) is 3.71. The number of halogens is 1. The van der Waals surface area contributed by atoms with Crippen LogP contribution in [0.5, 0.6) is 0 Å². The van der Waals surface area contributed by atoms with Crippen molar-refractivity contribution in [1.29, 1.82) is 0 Å². The lowest BCUT2D eigenvalue weighted by atomic mass is 9.95. The van der Waals surface area contributed by atoms with E-state index < -0.39 is 6.04 Å². The minimum absolute atomic E-state index is 0.303. The van der Waals surface area contributed by atoms with Crippen molar-refractivity contribution in [3.8, 4) is 11.4 Å². The van der Waals surface area contributed by atoms with Gasteiger partial charge in [-0.3, -0.25) is 0 Å². The molecular formula is C23H23ClN4O2. The van der Waals surface area contributed by atoms with Crippen LogP contribution in [0.25, 0.3) is 11.4 Å². The molecule has 2 aromatic carbocycles. The number of benzene rings is 2. The molecule has 4 rings (SSSR count). The Labute approximate surface area is 180 Å². The molecule has 1 aromatic heterocycles. The van der Waals surface area contributed by atoms with Gasteiger partial charge in [0.15, 0.2) is 5.82 Å². The van der Waals surface area contributed by atoms with E-state index in [9.17, 15) is 4.79 Å². The van der Waals surface area contributed by atoms with Crippen LogP contribution in [0.4, 0.5) is 5.95 Å². The minimum Gasteiger partial charge on any atom is -0.463 e. The molecule has 0 radical (unpaired) electrons. The van der Waals surface area contributed by atoms with Crippen LogP contribution in [-0.2, 0) is 16.0 Å². The first-order chi connectivity index (χ1) is 14.5. The van der Waals surface area contributed by atoms with Gasteiger partial charge in [-0.25, -0.2) is 9.48 Å². The number of rotatable bonds is 5. The van der Waals surface area contributed by atoms with Crippen molar-refractivity contribution in [3.05, 3.63) is 76.0 Å². The number of nitrogens with one attached hydrogen (secondary N) is 1. The molecule has 0 saturated carbocycles. The molecule has 1 aliphatic rings. The number of carbonyl (C=O) groups excluding carboxylic acids is 1. The first-order valence-electron chi connectivity index (χ1n) is 9.98. The zero-order chi connectivity index (χ0) is 21.3. The Hall–Kier alpha value is -3.12. The average Bonchev–Trinajstić information content (AvgIpc) is 3.17. The summed E-state index contributed by atoms with van der Waals surface area (Å²) in [6.07, 6.45) is 0.946. The minimum atomic E-state index is -0.431. The maximum atomic E-state index is 12.8. The predicted molar refractivity (Wildman–Crippen MR) is 117 cm³/mol. The SMILES string of the molecule is CCOC(=O)C1=C(C)Nc2nc(-c3ccc(Cl)cc3)nn2C1c1ccc(CC)cc1. The molecule has 0 aliphatic carbocycles. The molecule has 30 heavy (non-hydrogen) atoms. The van der Waals surface area contributed by atoms with Crippen LogP contribution in [-0.4, -0.2) is 27.3 Å². The largest absolute Gasteiger partial charge is 0.463 e. The molecule has 0 spiro atoms. The number of hydrogen-bond donors (Lipinski definition) is 1. The van der Waals surface area contributed by atoms with Gasteiger partial charge < -0.3 is 10.1 Å². The molecule has 0 bridgehead atoms. The highest BCUT2D eigenvalue weighted by Gasteiger charge is 2.35. The number of esters is 1. The van der Waals surface area contributed by atoms with E-state index in [0.29, 0.717) is 34.7 Å². The van der Waals surface area contributed by atoms with Gasteiger partial charge in [-0.1, -0.05) is 42.8 Å². The number of fused-ring (bicyclic) bond motifs is 1. The van der Waals surface area contributed by atoms with Crippen molar-refractivity contribution >= 4 is 23.5 Å². The molecule has 0 fully saturated rings. The zero-order valence-corrected chi connectivity index (χ0v) is 17.9. The van der Waals surface area contributed by atoms with Gasteiger partial charge in [0.05, 0.1) is 12.2 Å². The molecule has 154 valence electrons. The third-order valence-electron chi connectivity index (χ3n) is 5.15. The second-order valence-electron chi connectivity index (χ2n) is 7.09. The van der Waals surface area contributed by atoms with Gasteiger partial charge in [0.2, 0.25) is 5.95 Å². The summed E-state index contributed by atoms with van der Waals surface area (Å²) in [7, 11) is 0. The highest BCUT2D eigenvalue weighted by Crippen LogP contribution is 2.37. The summed E-state index contributed by atoms with van der Waals surface area (Å²) >= 11 is 6.01. The van der Waals surface area contributed by atoms with Crippen LogP contribution in [0, 0.1) is 0 Å². The van der Waals surface area contributed by atoms with Crippen molar-refractivity contribution in [2.75, 3.05) is 11.9 Å². The molecule has 6 nitrogen and oxygen atoms in total. The normalized spacial score (nSPS) is 15.5. The van der Waals surface area contributed by atoms with E-state index in [0.717, 1.165) is 17.5 Å². The number of carbonyl (C=O) groups is 1. The van der Waals surface area contributed by atoms with E-state index in [1.165, 1.54) is 5.56 Å². The molecule has 2 heterocycles. The van der Waals surface area contributed by atoms with Gasteiger partial charge in [0, 0.05) is 16.3 Å². The Kier molecular flexibility index (Phi) is 5.59. The number of aryl methyl sites for hydroxylation is 1. The van der Waals surface area contributed by atoms with Crippen molar-refractivity contribution in [2.45, 2.75) is 33.2 Å². The van der Waals surface area contributed by atoms with Crippen molar-refractivity contribution in [3.63, 3.8) is 0 Å². The molecule has 0 saturated heterocycles. The summed E-state index contributed by atoms with van der Waals surface area (Å²) in [6.45, 7) is 6.08. The summed E-state index contributed by atoms with van der Waals surface area (Å²) in [5.74, 6) is 0.776. The second-order valence-corrected chi connectivity index (χ2v) is 7.53. The number of nitrogens with zero attached hydrogens (tertiary/aromatic N) is 3. The van der Waals surface area contributed by atoms with E-state index in [1.54, 1.807) is 23.7 Å². The highest BCUT2D eigenvalue weighted by molar-refractivity contribution is 6.30. The number of hydrogen-bond acceptors (Lipinski definition) is 5. The molecule has 1 N–H and O–H groups in total. The third-order valence-corrected chi connectivity index (χ3v) is 5.41. The molecule has 7 heteroatoms. The lowest BCUT2D eigenvalue weighted by molar-refractivity contribution is -0.139. The van der Waals surface area contributed by atoms with Crippen LogP contribution >= 0.6 is 11.6 Å². The second kappa shape index (κ2) is 8.32. The highest BCUT2D eigenvalue weighted by atomic mass is 35.5. The summed E-state index contributed by atoms with van der Waals surface area (Å²) in [5, 5.41) is 8.60. The molecule has 1 atom stereocenters. The van der Waals surface area contributed by atoms with Gasteiger partial charge in [0.1, 0.15) is 6.04 Å². The fourth-order valence-corrected chi connectivity index (χ4v) is 3.72. The van der Waals surface area contributed by atoms with Crippen molar-refractivity contribution < 1.29 is 9.53 Å². The summed E-state index contributed by atoms with van der Waals surface area (Å²) in [6, 6.07) is 15.2. The maximum Gasteiger partial charge on any atom is 0.338 e. The molecular weight excluding hydrogens is 400 g/mol. The lowest BCUT2D eigenvalue weighted by Crippen LogP contribution is -2.29. The quantitative estimate of drug-likeness (QED) is 0.585. The number of allylic oxidation sites excluding steroid dienone is 1. The molecule has 1 aliphatic heterocycles. The van der Waals surface area contributed by atoms with E-state index in [1.807, 2.05) is 31.2 Å². The Balaban J connectivity index is 1.84. The van der Waals surface area contributed by atoms with E-state index in [-0.39, 0.29) is 5.97 Å². The maximum absolute atomic E-state index is 12.8. The van der Waals surface area contributed by atoms with Gasteiger partial charge in [0.25, 0.3) is 0 Å². The van der Waals surface area contributed by atoms with Crippen LogP contribution in [0.2, 0.25) is 5.02 Å². The molecule has 0 amide bonds. The van der Waals surface area contributed by atoms with Crippen LogP contribution in [0.15, 0.2) is 59.8 Å². The lowest BCUT2D eigenvalue weighted by Gasteiger charge is -2.28. The fourth-order valence-electron chi connectivity index (χ4n) is 3.59. The molecule has 1 unspecified atom stereocenters. The van der Waals surface area contributed by atoms with Gasteiger partial charge in [-0.15, -0.1) is 5.10 Å². The summed E-state index contributed by atoms with van der Waals surface area (Å²) in [4.78, 5) is 17.5. The van der Waals surface area contributed by atoms with Crippen molar-refractivity contribution in [2.24, 2.45) is 0 Å². The Morgan fingerprint density at radius 2 is 1.83 bits per heavy atom. The Morgan fingerprint density at radius 3 is 2.47 bits per heavy atom. The Bertz CT molecular complexity index is 1100. The smallest absolute Gasteiger partial charge is 0.338 e. The van der Waals surface area contributed by atoms with Gasteiger partial charge in [-0.2, -0.15) is 4.98 Å². The average molecular weight is 423 g/mol. The topological polar surface area (TPSA) is 69.0 Å². The summed E-state index contributed by atoms with van der Waals surface area (Å²) in [5.41, 5.74) is 4.26. The number of anilines is 1. The Morgan fingerprint density at radius 1 is 1.13 bits per heavy atom. The summed E-state index contributed by atoms with van der Waals surface area (Å²) < 4.78 is 7.11. The van der Waals surface area contributed by atoms with E-state index >= 15 is 0 Å². The van der Waals surface area contributed by atoms with Crippen molar-refractivity contribution in [1.82, 2.24) is 14.8 Å². The monoisotopic (exact) mass is 422 g/mol. The van der Waals surface area contributed by atoms with Gasteiger partial charge in [-0.05, 0) is 55.7 Å². The molecule has 3 aromatic rings. The van der Waals surface area contributed by atoms with Crippen LogP contribution in [0.3, 0.4) is 0 Å². The van der Waals surface area contributed by atoms with E-state index in [2.05, 4.69) is 29.4 Å². The van der Waals surface area contributed by atoms with E-state index in [4.69, 9.17) is 21.4 Å². The zero-order valence-electron chi connectivity index (χ0n) is 17.1. The van der Waals surface area contributed by atoms with Crippen LogP contribution in [0.1, 0.15) is 37.9 Å². The van der Waals surface area contributed by atoms with Crippen LogP contribution < -0.4 is 5.32 Å². The number of ether oxygens (including phenoxy) is 1. The first kappa shape index (κ1) is 20.2. The first-order valence-corrected chi connectivity index (χ1v) is 10.4.